The molecule has 0 aromatic carbocycles. The normalized spacial score (nSPS) is 10.8. The van der Waals surface area contributed by atoms with Crippen LogP contribution in [0.25, 0.3) is 0 Å². The van der Waals surface area contributed by atoms with E-state index in [9.17, 15) is 4.79 Å². The van der Waals surface area contributed by atoms with Crippen LogP contribution in [0.3, 0.4) is 0 Å². The Labute approximate surface area is 66.2 Å². The van der Waals surface area contributed by atoms with Gasteiger partial charge in [-0.05, 0) is 6.92 Å². The Hall–Kier alpha value is -0.720. The highest BCUT2D eigenvalue weighted by Gasteiger charge is 1.97. The highest BCUT2D eigenvalue weighted by Crippen LogP contribution is 1.73. The second-order valence-corrected chi connectivity index (χ2v) is 1.66. The highest BCUT2D eigenvalue weighted by molar-refractivity contribution is 5.85. The van der Waals surface area contributed by atoms with E-state index in [1.54, 1.807) is 6.92 Å². The second kappa shape index (κ2) is 6.40. The molecule has 3 nitrogen and oxygen atoms in total. The van der Waals surface area contributed by atoms with E-state index in [1.165, 1.54) is 0 Å². The van der Waals surface area contributed by atoms with E-state index < -0.39 is 5.97 Å². The molecule has 0 aliphatic heterocycles. The molecule has 0 aromatic heterocycles. The molecule has 0 bridgehead atoms. The van der Waals surface area contributed by atoms with Crippen LogP contribution in [0.1, 0.15) is 6.92 Å². The highest BCUT2D eigenvalue weighted by atomic mass is 35.5. The van der Waals surface area contributed by atoms with Gasteiger partial charge in [-0.2, -0.15) is 0 Å². The van der Waals surface area contributed by atoms with Crippen LogP contribution >= 0.6 is 12.4 Å². The average Bonchev–Trinajstić information content (AvgIpc) is 1.83. The van der Waals surface area contributed by atoms with Gasteiger partial charge in [-0.25, -0.2) is 0 Å². The molecule has 0 unspecified atom stereocenters. The molecule has 0 fully saturated rings. The van der Waals surface area contributed by atoms with Crippen molar-refractivity contribution in [2.75, 3.05) is 6.54 Å². The monoisotopic (exact) mass is 163 g/mol. The second-order valence-electron chi connectivity index (χ2n) is 1.66. The van der Waals surface area contributed by atoms with Gasteiger partial charge in [0.15, 0.2) is 0 Å². The molecule has 0 heterocycles. The Balaban J connectivity index is 0. The quantitative estimate of drug-likeness (QED) is 0.581. The van der Waals surface area contributed by atoms with Gasteiger partial charge in [0.25, 0.3) is 0 Å². The van der Waals surface area contributed by atoms with E-state index in [1.807, 2.05) is 0 Å². The van der Waals surface area contributed by atoms with Gasteiger partial charge in [0.1, 0.15) is 0 Å². The van der Waals surface area contributed by atoms with Crippen molar-refractivity contribution in [3.63, 3.8) is 0 Å². The molecule has 0 aliphatic rings. The van der Waals surface area contributed by atoms with Crippen LogP contribution < -0.4 is 5.32 Å². The molecule has 10 heavy (non-hydrogen) atoms. The van der Waals surface area contributed by atoms with E-state index in [2.05, 4.69) is 11.2 Å². The number of terminal acetylenes is 1. The van der Waals surface area contributed by atoms with Gasteiger partial charge >= 0.3 is 5.97 Å². The van der Waals surface area contributed by atoms with Crippen LogP contribution in [0.5, 0.6) is 0 Å². The van der Waals surface area contributed by atoms with E-state index in [0.29, 0.717) is 0 Å². The summed E-state index contributed by atoms with van der Waals surface area (Å²) in [4.78, 5) is 9.89. The van der Waals surface area contributed by atoms with Gasteiger partial charge in [0.05, 0.1) is 12.6 Å². The molecule has 0 amide bonds. The summed E-state index contributed by atoms with van der Waals surface area (Å²) in [5.74, 6) is 1.45. The van der Waals surface area contributed by atoms with Crippen LogP contribution in [0.2, 0.25) is 0 Å². The summed E-state index contributed by atoms with van der Waals surface area (Å²) < 4.78 is 0. The predicted molar refractivity (Wildman–Crippen MR) is 41.2 cm³/mol. The summed E-state index contributed by atoms with van der Waals surface area (Å²) in [5, 5.41) is 10.7. The molecule has 0 aliphatic carbocycles. The number of carboxylic acids is 1. The number of hydrogen-bond donors (Lipinski definition) is 2. The standard InChI is InChI=1S/C6H9NO2.ClH/c1-3-5(2)7-4-6(8)9;/h1,5,7H,4H2,2H3,(H,8,9);1H/t5-;/m0./s1. The number of hydrogen-bond acceptors (Lipinski definition) is 2. The summed E-state index contributed by atoms with van der Waals surface area (Å²) in [6.45, 7) is 1.65. The summed E-state index contributed by atoms with van der Waals surface area (Å²) in [6.07, 6.45) is 4.95. The maximum absolute atomic E-state index is 9.89. The van der Waals surface area contributed by atoms with E-state index in [4.69, 9.17) is 11.5 Å². The maximum Gasteiger partial charge on any atom is 0.317 e. The van der Waals surface area contributed by atoms with Gasteiger partial charge < -0.3 is 5.11 Å². The molecule has 0 rings (SSSR count). The first-order valence-electron chi connectivity index (χ1n) is 2.58. The lowest BCUT2D eigenvalue weighted by Gasteiger charge is -2.01. The summed E-state index contributed by atoms with van der Waals surface area (Å²) in [5.41, 5.74) is 0. The summed E-state index contributed by atoms with van der Waals surface area (Å²) in [6, 6.07) is -0.166. The zero-order valence-corrected chi connectivity index (χ0v) is 6.44. The first kappa shape index (κ1) is 12.0. The lowest BCUT2D eigenvalue weighted by Crippen LogP contribution is -2.29. The fourth-order valence-corrected chi connectivity index (χ4v) is 0.299. The minimum Gasteiger partial charge on any atom is -0.480 e. The Kier molecular flexibility index (Phi) is 7.68. The first-order valence-corrected chi connectivity index (χ1v) is 2.58. The van der Waals surface area contributed by atoms with Gasteiger partial charge in [0.2, 0.25) is 0 Å². The fourth-order valence-electron chi connectivity index (χ4n) is 0.299. The maximum atomic E-state index is 9.89. The van der Waals surface area contributed by atoms with Crippen LogP contribution in [0.4, 0.5) is 0 Å². The number of rotatable bonds is 3. The first-order chi connectivity index (χ1) is 4.16. The molecular weight excluding hydrogens is 154 g/mol. The predicted octanol–water partition coefficient (Wildman–Crippen LogP) is 0.104. The third-order valence-electron chi connectivity index (χ3n) is 0.809. The minimum atomic E-state index is -0.892. The minimum absolute atomic E-state index is 0. The zero-order valence-electron chi connectivity index (χ0n) is 5.63. The van der Waals surface area contributed by atoms with Crippen molar-refractivity contribution in [3.05, 3.63) is 0 Å². The summed E-state index contributed by atoms with van der Waals surface area (Å²) >= 11 is 0. The van der Waals surface area contributed by atoms with Gasteiger partial charge in [0, 0.05) is 0 Å². The van der Waals surface area contributed by atoms with E-state index in [-0.39, 0.29) is 25.0 Å². The topological polar surface area (TPSA) is 49.3 Å². The third kappa shape index (κ3) is 7.28. The van der Waals surface area contributed by atoms with E-state index >= 15 is 0 Å². The lowest BCUT2D eigenvalue weighted by atomic mass is 10.3. The third-order valence-corrected chi connectivity index (χ3v) is 0.809. The van der Waals surface area contributed by atoms with Crippen LogP contribution in [0.15, 0.2) is 0 Å². The lowest BCUT2D eigenvalue weighted by molar-refractivity contribution is -0.136. The largest absolute Gasteiger partial charge is 0.480 e. The molecule has 0 saturated heterocycles. The number of carbonyl (C=O) groups is 1. The van der Waals surface area contributed by atoms with Crippen LogP contribution in [-0.2, 0) is 4.79 Å². The van der Waals surface area contributed by atoms with Crippen molar-refractivity contribution in [1.29, 1.82) is 0 Å². The molecule has 1 atom stereocenters. The van der Waals surface area contributed by atoms with Crippen LogP contribution in [-0.4, -0.2) is 23.7 Å². The number of halogens is 1. The van der Waals surface area contributed by atoms with Gasteiger partial charge in [-0.15, -0.1) is 18.8 Å². The SMILES string of the molecule is C#C[C@H](C)NCC(=O)O.Cl. The number of carboxylic acid groups (broad SMARTS) is 1. The summed E-state index contributed by atoms with van der Waals surface area (Å²) in [7, 11) is 0. The Morgan fingerprint density at radius 3 is 2.70 bits per heavy atom. The molecule has 0 radical (unpaired) electrons. The van der Waals surface area contributed by atoms with Crippen LogP contribution in [0, 0.1) is 12.3 Å². The molecule has 4 heteroatoms. The Morgan fingerprint density at radius 2 is 2.40 bits per heavy atom. The van der Waals surface area contributed by atoms with Gasteiger partial charge in [-0.3, -0.25) is 10.1 Å². The molecule has 0 aromatic rings. The Bertz CT molecular complexity index is 141. The zero-order chi connectivity index (χ0) is 7.28. The van der Waals surface area contributed by atoms with Crippen molar-refractivity contribution in [2.45, 2.75) is 13.0 Å². The molecular formula is C6H10ClNO2. The smallest absolute Gasteiger partial charge is 0.317 e. The fraction of sp³-hybridized carbons (Fsp3) is 0.500. The molecule has 2 N–H and O–H groups in total. The average molecular weight is 164 g/mol. The molecule has 0 spiro atoms. The van der Waals surface area contributed by atoms with Crippen molar-refractivity contribution in [2.24, 2.45) is 0 Å². The molecule has 58 valence electrons. The molecule has 0 saturated carbocycles. The number of aliphatic carboxylic acids is 1. The van der Waals surface area contributed by atoms with E-state index in [0.717, 1.165) is 0 Å². The van der Waals surface area contributed by atoms with Crippen molar-refractivity contribution < 1.29 is 9.90 Å². The van der Waals surface area contributed by atoms with Gasteiger partial charge in [-0.1, -0.05) is 5.92 Å². The van der Waals surface area contributed by atoms with Crippen molar-refractivity contribution in [3.8, 4) is 12.3 Å². The van der Waals surface area contributed by atoms with Crippen molar-refractivity contribution in [1.82, 2.24) is 5.32 Å². The van der Waals surface area contributed by atoms with Crippen molar-refractivity contribution >= 4 is 18.4 Å². The number of nitrogens with one attached hydrogen (secondary N) is 1. The Morgan fingerprint density at radius 1 is 1.90 bits per heavy atom.